The van der Waals surface area contributed by atoms with Crippen LogP contribution in [0.4, 0.5) is 0 Å². The Hall–Kier alpha value is -2.37. The van der Waals surface area contributed by atoms with Crippen molar-refractivity contribution in [3.63, 3.8) is 0 Å². The van der Waals surface area contributed by atoms with Crippen molar-refractivity contribution in [3.8, 4) is 17.0 Å². The summed E-state index contributed by atoms with van der Waals surface area (Å²) in [7, 11) is 1.62. The summed E-state index contributed by atoms with van der Waals surface area (Å²) in [4.78, 5) is 12.3. The predicted octanol–water partition coefficient (Wildman–Crippen LogP) is 3.58. The van der Waals surface area contributed by atoms with Crippen LogP contribution in [0.15, 0.2) is 28.9 Å². The Labute approximate surface area is 142 Å². The van der Waals surface area contributed by atoms with E-state index in [1.54, 1.807) is 7.11 Å². The number of aromatic nitrogens is 2. The maximum Gasteiger partial charge on any atom is 0.223 e. The normalized spacial score (nSPS) is 12.0. The van der Waals surface area contributed by atoms with Crippen LogP contribution < -0.4 is 10.1 Å². The molecule has 130 valence electrons. The predicted molar refractivity (Wildman–Crippen MR) is 91.4 cm³/mol. The van der Waals surface area contributed by atoms with E-state index in [0.29, 0.717) is 17.9 Å². The maximum absolute atomic E-state index is 12.3. The van der Waals surface area contributed by atoms with E-state index in [4.69, 9.17) is 9.37 Å². The maximum atomic E-state index is 12.3. The summed E-state index contributed by atoms with van der Waals surface area (Å²) in [6.07, 6.45) is 3.92. The van der Waals surface area contributed by atoms with Crippen molar-refractivity contribution >= 4 is 5.91 Å². The Morgan fingerprint density at radius 1 is 1.25 bits per heavy atom. The summed E-state index contributed by atoms with van der Waals surface area (Å²) in [5.74, 6) is 0.885. The van der Waals surface area contributed by atoms with Crippen LogP contribution in [-0.2, 0) is 11.3 Å². The fourth-order valence-corrected chi connectivity index (χ4v) is 2.58. The van der Waals surface area contributed by atoms with E-state index in [9.17, 15) is 4.79 Å². The largest absolute Gasteiger partial charge is 0.497 e. The van der Waals surface area contributed by atoms with Gasteiger partial charge in [0.1, 0.15) is 17.1 Å². The zero-order valence-electron chi connectivity index (χ0n) is 14.5. The molecule has 2 aromatic rings. The molecule has 0 spiro atoms. The van der Waals surface area contributed by atoms with Gasteiger partial charge in [-0.1, -0.05) is 31.8 Å². The molecule has 6 nitrogen and oxygen atoms in total. The molecule has 1 heterocycles. The molecule has 2 rings (SSSR count). The standard InChI is InChI=1S/C18H25N3O3/c1-4-6-7-13(5-2)18(22)19-12-16-17(21-24-20-16)14-8-10-15(23-3)11-9-14/h8-11,13H,4-7,12H2,1-3H3,(H,19,22). The molecule has 1 N–H and O–H groups in total. The average molecular weight is 331 g/mol. The lowest BCUT2D eigenvalue weighted by molar-refractivity contribution is -0.125. The van der Waals surface area contributed by atoms with Gasteiger partial charge in [-0.05, 0) is 42.3 Å². The Bertz CT molecular complexity index is 637. The van der Waals surface area contributed by atoms with Gasteiger partial charge in [0.25, 0.3) is 0 Å². The van der Waals surface area contributed by atoms with Crippen LogP contribution in [0.3, 0.4) is 0 Å². The van der Waals surface area contributed by atoms with Gasteiger partial charge in [0, 0.05) is 11.5 Å². The van der Waals surface area contributed by atoms with Gasteiger partial charge in [-0.3, -0.25) is 4.79 Å². The summed E-state index contributed by atoms with van der Waals surface area (Å²) in [6.45, 7) is 4.49. The summed E-state index contributed by atoms with van der Waals surface area (Å²) < 4.78 is 10.0. The number of benzene rings is 1. The van der Waals surface area contributed by atoms with Crippen molar-refractivity contribution in [1.82, 2.24) is 15.6 Å². The summed E-state index contributed by atoms with van der Waals surface area (Å²) in [5.41, 5.74) is 2.14. The van der Waals surface area contributed by atoms with E-state index in [-0.39, 0.29) is 11.8 Å². The number of hydrogen-bond acceptors (Lipinski definition) is 5. The Morgan fingerprint density at radius 2 is 2.00 bits per heavy atom. The van der Waals surface area contributed by atoms with Crippen LogP contribution in [0.5, 0.6) is 5.75 Å². The number of nitrogens with one attached hydrogen (secondary N) is 1. The summed E-state index contributed by atoms with van der Waals surface area (Å²) in [6, 6.07) is 7.48. The highest BCUT2D eigenvalue weighted by atomic mass is 16.6. The van der Waals surface area contributed by atoms with Crippen molar-refractivity contribution in [3.05, 3.63) is 30.0 Å². The zero-order chi connectivity index (χ0) is 17.4. The fourth-order valence-electron chi connectivity index (χ4n) is 2.58. The number of nitrogens with zero attached hydrogens (tertiary/aromatic N) is 2. The van der Waals surface area contributed by atoms with Crippen LogP contribution in [0.25, 0.3) is 11.3 Å². The molecule has 0 fully saturated rings. The molecule has 24 heavy (non-hydrogen) atoms. The minimum atomic E-state index is 0.0502. The first-order valence-corrected chi connectivity index (χ1v) is 8.43. The van der Waals surface area contributed by atoms with Crippen molar-refractivity contribution in [2.24, 2.45) is 5.92 Å². The molecule has 0 radical (unpaired) electrons. The second-order valence-electron chi connectivity index (χ2n) is 5.75. The molecule has 1 atom stereocenters. The number of unbranched alkanes of at least 4 members (excludes halogenated alkanes) is 1. The second kappa shape index (κ2) is 9.05. The van der Waals surface area contributed by atoms with Gasteiger partial charge in [0.05, 0.1) is 13.7 Å². The number of hydrogen-bond donors (Lipinski definition) is 1. The van der Waals surface area contributed by atoms with Crippen molar-refractivity contribution in [2.75, 3.05) is 7.11 Å². The number of rotatable bonds is 9. The number of carbonyl (C=O) groups is 1. The lowest BCUT2D eigenvalue weighted by Crippen LogP contribution is -2.30. The van der Waals surface area contributed by atoms with E-state index in [1.165, 1.54) is 0 Å². The summed E-state index contributed by atoms with van der Waals surface area (Å²) in [5, 5.41) is 10.8. The average Bonchev–Trinajstić information content (AvgIpc) is 3.09. The quantitative estimate of drug-likeness (QED) is 0.760. The molecule has 0 saturated heterocycles. The third-order valence-electron chi connectivity index (χ3n) is 4.12. The lowest BCUT2D eigenvalue weighted by Gasteiger charge is -2.14. The van der Waals surface area contributed by atoms with Gasteiger partial charge in [-0.25, -0.2) is 4.63 Å². The molecule has 1 aromatic heterocycles. The molecule has 0 bridgehead atoms. The lowest BCUT2D eigenvalue weighted by atomic mass is 9.98. The van der Waals surface area contributed by atoms with E-state index in [1.807, 2.05) is 31.2 Å². The molecule has 0 saturated carbocycles. The number of ether oxygens (including phenoxy) is 1. The molecular weight excluding hydrogens is 306 g/mol. The number of amides is 1. The third kappa shape index (κ3) is 4.57. The second-order valence-corrected chi connectivity index (χ2v) is 5.75. The number of carbonyl (C=O) groups excluding carboxylic acids is 1. The van der Waals surface area contributed by atoms with Gasteiger partial charge in [-0.2, -0.15) is 0 Å². The number of methoxy groups -OCH3 is 1. The molecule has 0 aliphatic carbocycles. The first-order valence-electron chi connectivity index (χ1n) is 8.43. The Morgan fingerprint density at radius 3 is 2.62 bits per heavy atom. The summed E-state index contributed by atoms with van der Waals surface area (Å²) >= 11 is 0. The Balaban J connectivity index is 2.01. The van der Waals surface area contributed by atoms with Crippen LogP contribution in [-0.4, -0.2) is 23.3 Å². The van der Waals surface area contributed by atoms with Gasteiger partial charge in [0.2, 0.25) is 5.91 Å². The van der Waals surface area contributed by atoms with E-state index < -0.39 is 0 Å². The molecular formula is C18H25N3O3. The molecule has 0 aliphatic rings. The third-order valence-corrected chi connectivity index (χ3v) is 4.12. The van der Waals surface area contributed by atoms with Crippen LogP contribution in [0.1, 0.15) is 45.2 Å². The topological polar surface area (TPSA) is 77.3 Å². The van der Waals surface area contributed by atoms with E-state index >= 15 is 0 Å². The first-order chi connectivity index (χ1) is 11.7. The monoisotopic (exact) mass is 331 g/mol. The molecule has 0 aliphatic heterocycles. The van der Waals surface area contributed by atoms with E-state index in [0.717, 1.165) is 37.0 Å². The minimum absolute atomic E-state index is 0.0502. The molecule has 1 aromatic carbocycles. The Kier molecular flexibility index (Phi) is 6.78. The molecule has 6 heteroatoms. The SMILES string of the molecule is CCCCC(CC)C(=O)NCc1nonc1-c1ccc(OC)cc1. The molecule has 1 unspecified atom stereocenters. The highest BCUT2D eigenvalue weighted by Gasteiger charge is 2.18. The van der Waals surface area contributed by atoms with Crippen LogP contribution >= 0.6 is 0 Å². The van der Waals surface area contributed by atoms with E-state index in [2.05, 4.69) is 22.6 Å². The van der Waals surface area contributed by atoms with Gasteiger partial charge in [-0.15, -0.1) is 0 Å². The first kappa shape index (κ1) is 18.0. The molecule has 1 amide bonds. The fraction of sp³-hybridized carbons (Fsp3) is 0.500. The van der Waals surface area contributed by atoms with Crippen LogP contribution in [0.2, 0.25) is 0 Å². The van der Waals surface area contributed by atoms with Crippen LogP contribution in [0, 0.1) is 5.92 Å². The highest BCUT2D eigenvalue weighted by molar-refractivity contribution is 5.78. The highest BCUT2D eigenvalue weighted by Crippen LogP contribution is 2.23. The van der Waals surface area contributed by atoms with Crippen molar-refractivity contribution < 1.29 is 14.2 Å². The zero-order valence-corrected chi connectivity index (χ0v) is 14.5. The van der Waals surface area contributed by atoms with Gasteiger partial charge in [0.15, 0.2) is 0 Å². The van der Waals surface area contributed by atoms with Gasteiger partial charge >= 0.3 is 0 Å². The minimum Gasteiger partial charge on any atom is -0.497 e. The van der Waals surface area contributed by atoms with Crippen molar-refractivity contribution in [2.45, 2.75) is 46.1 Å². The van der Waals surface area contributed by atoms with Gasteiger partial charge < -0.3 is 10.1 Å². The van der Waals surface area contributed by atoms with Crippen molar-refractivity contribution in [1.29, 1.82) is 0 Å². The smallest absolute Gasteiger partial charge is 0.223 e.